The maximum Gasteiger partial charge on any atom is 0.419 e. The van der Waals surface area contributed by atoms with Crippen LogP contribution < -0.4 is 5.32 Å². The number of rotatable bonds is 8. The predicted octanol–water partition coefficient (Wildman–Crippen LogP) is 6.46. The normalized spacial score (nSPS) is 15.4. The third kappa shape index (κ3) is 8.20. The van der Waals surface area contributed by atoms with Gasteiger partial charge in [0.1, 0.15) is 5.60 Å². The fourth-order valence-corrected chi connectivity index (χ4v) is 4.85. The number of carbonyl (C=O) groups is 2. The Hall–Kier alpha value is -4.15. The van der Waals surface area contributed by atoms with Crippen LogP contribution in [0.5, 0.6) is 0 Å². The zero-order chi connectivity index (χ0) is 30.5. The molecule has 11 heteroatoms. The molecule has 1 amide bonds. The molecule has 1 fully saturated rings. The molecular weight excluding hydrogens is 549 g/mol. The number of aromatic nitrogens is 2. The number of alkyl halides is 3. The van der Waals surface area contributed by atoms with E-state index in [0.29, 0.717) is 24.3 Å². The van der Waals surface area contributed by atoms with Gasteiger partial charge in [-0.15, -0.1) is 0 Å². The van der Waals surface area contributed by atoms with Crippen LogP contribution in [0.4, 0.5) is 29.6 Å². The summed E-state index contributed by atoms with van der Waals surface area (Å²) in [6, 6.07) is 14.6. The number of anilines is 2. The number of hydrogen-bond donors (Lipinski definition) is 1. The highest BCUT2D eigenvalue weighted by molar-refractivity contribution is 5.73. The minimum atomic E-state index is -4.62. The topological polar surface area (TPSA) is 93.7 Å². The average molecular weight is 585 g/mol. The molecule has 0 bridgehead atoms. The van der Waals surface area contributed by atoms with Crippen LogP contribution in [0.3, 0.4) is 0 Å². The molecule has 8 nitrogen and oxygen atoms in total. The second kappa shape index (κ2) is 12.8. The molecule has 0 spiro atoms. The number of hydrogen-bond acceptors (Lipinski definition) is 7. The lowest BCUT2D eigenvalue weighted by Crippen LogP contribution is -2.35. The Morgan fingerprint density at radius 1 is 1.02 bits per heavy atom. The summed E-state index contributed by atoms with van der Waals surface area (Å²) in [6.07, 6.45) is -3.06. The van der Waals surface area contributed by atoms with E-state index in [-0.39, 0.29) is 42.9 Å². The summed E-state index contributed by atoms with van der Waals surface area (Å²) in [5.74, 6) is -0.223. The Labute approximate surface area is 243 Å². The summed E-state index contributed by atoms with van der Waals surface area (Å²) in [7, 11) is 1.29. The van der Waals surface area contributed by atoms with Crippen molar-refractivity contribution in [1.82, 2.24) is 14.9 Å². The summed E-state index contributed by atoms with van der Waals surface area (Å²) in [5.41, 5.74) is 1.51. The molecule has 0 radical (unpaired) electrons. The van der Waals surface area contributed by atoms with Gasteiger partial charge < -0.3 is 19.7 Å². The van der Waals surface area contributed by atoms with E-state index < -0.39 is 23.3 Å². The number of halogens is 3. The zero-order valence-electron chi connectivity index (χ0n) is 24.1. The number of ether oxygens (including phenoxy) is 2. The van der Waals surface area contributed by atoms with E-state index in [2.05, 4.69) is 15.3 Å². The van der Waals surface area contributed by atoms with Crippen molar-refractivity contribution in [2.45, 2.75) is 64.1 Å². The first-order chi connectivity index (χ1) is 19.8. The second-order valence-corrected chi connectivity index (χ2v) is 11.2. The number of likely N-dealkylation sites (tertiary alicyclic amines) is 1. The number of nitrogens with one attached hydrogen (secondary N) is 1. The van der Waals surface area contributed by atoms with Gasteiger partial charge in [0.05, 0.1) is 24.8 Å². The molecule has 3 aromatic rings. The molecule has 1 aliphatic heterocycles. The molecule has 1 aromatic heterocycles. The van der Waals surface area contributed by atoms with Crippen LogP contribution in [0, 0.1) is 0 Å². The van der Waals surface area contributed by atoms with Gasteiger partial charge in [0.25, 0.3) is 0 Å². The molecule has 224 valence electrons. The zero-order valence-corrected chi connectivity index (χ0v) is 24.1. The first-order valence-corrected chi connectivity index (χ1v) is 13.7. The van der Waals surface area contributed by atoms with Crippen LogP contribution in [0.2, 0.25) is 0 Å². The lowest BCUT2D eigenvalue weighted by Gasteiger charge is -2.24. The second-order valence-electron chi connectivity index (χ2n) is 11.2. The third-order valence-electron chi connectivity index (χ3n) is 6.96. The monoisotopic (exact) mass is 584 g/mol. The molecule has 1 N–H and O–H groups in total. The number of esters is 1. The maximum atomic E-state index is 13.8. The molecular formula is C31H35F3N4O4. The summed E-state index contributed by atoms with van der Waals surface area (Å²) in [6.45, 7) is 6.66. The minimum absolute atomic E-state index is 0.000997. The van der Waals surface area contributed by atoms with Gasteiger partial charge in [0.2, 0.25) is 5.95 Å². The molecule has 1 unspecified atom stereocenters. The van der Waals surface area contributed by atoms with Gasteiger partial charge in [-0.1, -0.05) is 36.4 Å². The number of carbonyl (C=O) groups excluding carboxylic acids is 2. The largest absolute Gasteiger partial charge is 0.469 e. The Morgan fingerprint density at radius 2 is 1.71 bits per heavy atom. The number of aryl methyl sites for hydroxylation is 2. The van der Waals surface area contributed by atoms with Crippen molar-refractivity contribution in [2.24, 2.45) is 0 Å². The molecule has 1 saturated heterocycles. The number of benzene rings is 2. The molecule has 2 heterocycles. The summed E-state index contributed by atoms with van der Waals surface area (Å²) >= 11 is 0. The molecule has 0 saturated carbocycles. The van der Waals surface area contributed by atoms with Crippen LogP contribution in [-0.4, -0.2) is 52.7 Å². The molecule has 4 rings (SSSR count). The summed E-state index contributed by atoms with van der Waals surface area (Å²) in [4.78, 5) is 34.0. The minimum Gasteiger partial charge on any atom is -0.469 e. The standard InChI is InChI=1S/C31H35F3N4O4/c1-30(2,3)42-29(40)38-16-15-23(19-38)21-9-12-24(13-10-21)36-28-35-18-25(31(32,33)34)26(37-28)14-11-20-7-5-6-8-22(20)17-27(39)41-4/h5-10,12-13,18,23H,11,14-17,19H2,1-4H3,(H,35,36,37). The quantitative estimate of drug-likeness (QED) is 0.304. The van der Waals surface area contributed by atoms with E-state index in [9.17, 15) is 22.8 Å². The van der Waals surface area contributed by atoms with Crippen LogP contribution in [0.25, 0.3) is 0 Å². The maximum absolute atomic E-state index is 13.8. The van der Waals surface area contributed by atoms with Crippen LogP contribution >= 0.6 is 0 Å². The van der Waals surface area contributed by atoms with Gasteiger partial charge >= 0.3 is 18.2 Å². The van der Waals surface area contributed by atoms with Gasteiger partial charge in [-0.3, -0.25) is 4.79 Å². The molecule has 0 aliphatic carbocycles. The van der Waals surface area contributed by atoms with Crippen molar-refractivity contribution >= 4 is 23.7 Å². The number of amides is 1. The fourth-order valence-electron chi connectivity index (χ4n) is 4.85. The lowest BCUT2D eigenvalue weighted by atomic mass is 9.98. The van der Waals surface area contributed by atoms with Crippen molar-refractivity contribution in [3.63, 3.8) is 0 Å². The van der Waals surface area contributed by atoms with Gasteiger partial charge in [-0.25, -0.2) is 14.8 Å². The van der Waals surface area contributed by atoms with Crippen molar-refractivity contribution in [1.29, 1.82) is 0 Å². The number of methoxy groups -OCH3 is 1. The van der Waals surface area contributed by atoms with Crippen molar-refractivity contribution in [3.8, 4) is 0 Å². The molecule has 2 aromatic carbocycles. The molecule has 1 atom stereocenters. The molecule has 42 heavy (non-hydrogen) atoms. The highest BCUT2D eigenvalue weighted by Crippen LogP contribution is 2.33. The fraction of sp³-hybridized carbons (Fsp3) is 0.419. The van der Waals surface area contributed by atoms with Crippen molar-refractivity contribution in [3.05, 3.63) is 82.7 Å². The third-order valence-corrected chi connectivity index (χ3v) is 6.96. The van der Waals surface area contributed by atoms with E-state index >= 15 is 0 Å². The first kappa shape index (κ1) is 30.8. The smallest absolute Gasteiger partial charge is 0.419 e. The Morgan fingerprint density at radius 3 is 2.36 bits per heavy atom. The predicted molar refractivity (Wildman–Crippen MR) is 151 cm³/mol. The van der Waals surface area contributed by atoms with Gasteiger partial charge in [0.15, 0.2) is 0 Å². The Balaban J connectivity index is 1.45. The van der Waals surface area contributed by atoms with Gasteiger partial charge in [0, 0.05) is 30.9 Å². The summed E-state index contributed by atoms with van der Waals surface area (Å²) < 4.78 is 51.6. The highest BCUT2D eigenvalue weighted by atomic mass is 19.4. The van der Waals surface area contributed by atoms with Gasteiger partial charge in [-0.2, -0.15) is 13.2 Å². The first-order valence-electron chi connectivity index (χ1n) is 13.7. The van der Waals surface area contributed by atoms with Crippen molar-refractivity contribution in [2.75, 3.05) is 25.5 Å². The van der Waals surface area contributed by atoms with E-state index in [4.69, 9.17) is 9.47 Å². The van der Waals surface area contributed by atoms with E-state index in [0.717, 1.165) is 23.7 Å². The molecule has 1 aliphatic rings. The Kier molecular flexibility index (Phi) is 9.38. The van der Waals surface area contributed by atoms with Crippen molar-refractivity contribution < 1.29 is 32.2 Å². The lowest BCUT2D eigenvalue weighted by molar-refractivity contribution is -0.140. The van der Waals surface area contributed by atoms with Crippen LogP contribution in [-0.2, 0) is 39.7 Å². The van der Waals surface area contributed by atoms with Crippen LogP contribution in [0.15, 0.2) is 54.7 Å². The van der Waals surface area contributed by atoms with E-state index in [1.54, 1.807) is 29.2 Å². The summed E-state index contributed by atoms with van der Waals surface area (Å²) in [5, 5.41) is 3.00. The highest BCUT2D eigenvalue weighted by Gasteiger charge is 2.35. The number of nitrogens with zero attached hydrogens (tertiary/aromatic N) is 3. The van der Waals surface area contributed by atoms with E-state index in [1.807, 2.05) is 45.0 Å². The Bertz CT molecular complexity index is 1400. The average Bonchev–Trinajstić information content (AvgIpc) is 3.42. The van der Waals surface area contributed by atoms with Gasteiger partial charge in [-0.05, 0) is 68.9 Å². The van der Waals surface area contributed by atoms with E-state index in [1.165, 1.54) is 7.11 Å². The van der Waals surface area contributed by atoms with Crippen LogP contribution in [0.1, 0.15) is 61.1 Å². The SMILES string of the molecule is COC(=O)Cc1ccccc1CCc1nc(Nc2ccc(C3CCN(C(=O)OC(C)(C)C)C3)cc2)ncc1C(F)(F)F.